The van der Waals surface area contributed by atoms with Gasteiger partial charge in [-0.3, -0.25) is 0 Å². The van der Waals surface area contributed by atoms with E-state index in [1.54, 1.807) is 0 Å². The van der Waals surface area contributed by atoms with Gasteiger partial charge in [0.15, 0.2) is 0 Å². The van der Waals surface area contributed by atoms with Crippen molar-refractivity contribution in [2.75, 3.05) is 0 Å². The highest BCUT2D eigenvalue weighted by Gasteiger charge is 2.14. The van der Waals surface area contributed by atoms with Gasteiger partial charge in [-0.1, -0.05) is 23.7 Å². The first-order valence-electron chi connectivity index (χ1n) is 5.15. The molecule has 1 aromatic heterocycles. The maximum atomic E-state index is 5.85. The molecule has 0 spiro atoms. The van der Waals surface area contributed by atoms with E-state index in [2.05, 4.69) is 15.7 Å². The van der Waals surface area contributed by atoms with Gasteiger partial charge in [0.05, 0.1) is 5.69 Å². The number of fused-ring (bicyclic) bond motifs is 1. The van der Waals surface area contributed by atoms with E-state index in [9.17, 15) is 0 Å². The summed E-state index contributed by atoms with van der Waals surface area (Å²) in [5.74, 6) is 1.21. The monoisotopic (exact) mass is 298 g/mol. The number of imidazole rings is 1. The van der Waals surface area contributed by atoms with Crippen LogP contribution in [-0.4, -0.2) is 9.55 Å². The average molecular weight is 300 g/mol. The summed E-state index contributed by atoms with van der Waals surface area (Å²) < 4.78 is 2.24. The second-order valence-corrected chi connectivity index (χ2v) is 4.28. The molecule has 0 saturated heterocycles. The molecule has 84 valence electrons. The van der Waals surface area contributed by atoms with Crippen molar-refractivity contribution in [2.24, 2.45) is 0 Å². The Kier molecular flexibility index (Phi) is 3.36. The molecule has 1 aromatic carbocycles. The fourth-order valence-corrected chi connectivity index (χ4v) is 2.14. The number of nitrogens with zero attached hydrogens (tertiary/aromatic N) is 2. The Bertz CT molecular complexity index is 469. The molecule has 2 nitrogen and oxygen atoms in total. The van der Waals surface area contributed by atoms with Crippen molar-refractivity contribution in [1.82, 2.24) is 9.55 Å². The maximum Gasteiger partial charge on any atom is 0.109 e. The lowest BCUT2D eigenvalue weighted by Gasteiger charge is -1.96. The van der Waals surface area contributed by atoms with Gasteiger partial charge in [-0.25, -0.2) is 4.98 Å². The van der Waals surface area contributed by atoms with E-state index in [0.717, 1.165) is 29.2 Å². The number of aromatic nitrogens is 2. The van der Waals surface area contributed by atoms with Crippen LogP contribution in [0.25, 0.3) is 11.3 Å². The van der Waals surface area contributed by atoms with Crippen LogP contribution in [0.4, 0.5) is 0 Å². The van der Waals surface area contributed by atoms with Gasteiger partial charge in [-0.2, -0.15) is 0 Å². The molecule has 0 amide bonds. The van der Waals surface area contributed by atoms with E-state index >= 15 is 0 Å². The largest absolute Gasteiger partial charge is 0.334 e. The number of hydrogen-bond donors (Lipinski definition) is 0. The molecule has 0 saturated carbocycles. The van der Waals surface area contributed by atoms with Gasteiger partial charge in [-0.15, -0.1) is 17.0 Å². The zero-order valence-electron chi connectivity index (χ0n) is 8.69. The van der Waals surface area contributed by atoms with Crippen molar-refractivity contribution in [3.8, 4) is 11.3 Å². The van der Waals surface area contributed by atoms with E-state index in [0.29, 0.717) is 0 Å². The van der Waals surface area contributed by atoms with Gasteiger partial charge in [0.1, 0.15) is 5.82 Å². The Morgan fingerprint density at radius 3 is 2.62 bits per heavy atom. The molecule has 2 heterocycles. The van der Waals surface area contributed by atoms with E-state index in [1.165, 1.54) is 12.2 Å². The molecule has 0 fully saturated rings. The highest BCUT2D eigenvalue weighted by Crippen LogP contribution is 2.23. The third kappa shape index (κ3) is 2.02. The minimum absolute atomic E-state index is 0. The van der Waals surface area contributed by atoms with Gasteiger partial charge in [-0.05, 0) is 18.6 Å². The van der Waals surface area contributed by atoms with Crippen LogP contribution in [0.1, 0.15) is 12.2 Å². The minimum atomic E-state index is 0. The highest BCUT2D eigenvalue weighted by atomic mass is 79.9. The Morgan fingerprint density at radius 2 is 1.94 bits per heavy atom. The van der Waals surface area contributed by atoms with Crippen molar-refractivity contribution in [3.05, 3.63) is 41.3 Å². The first-order chi connectivity index (χ1) is 7.33. The van der Waals surface area contributed by atoms with Crippen molar-refractivity contribution < 1.29 is 0 Å². The van der Waals surface area contributed by atoms with Crippen LogP contribution >= 0.6 is 28.6 Å². The second-order valence-electron chi connectivity index (χ2n) is 3.85. The molecular formula is C12H12BrClN2. The molecule has 1 aliphatic rings. The average Bonchev–Trinajstić information content (AvgIpc) is 2.78. The van der Waals surface area contributed by atoms with Gasteiger partial charge < -0.3 is 4.57 Å². The zero-order chi connectivity index (χ0) is 10.3. The lowest BCUT2D eigenvalue weighted by atomic mass is 10.2. The Hall–Kier alpha value is -0.800. The van der Waals surface area contributed by atoms with Gasteiger partial charge in [0.25, 0.3) is 0 Å². The molecule has 0 radical (unpaired) electrons. The van der Waals surface area contributed by atoms with Crippen LogP contribution in [0.2, 0.25) is 5.02 Å². The Labute approximate surface area is 110 Å². The van der Waals surface area contributed by atoms with Crippen LogP contribution in [0.3, 0.4) is 0 Å². The zero-order valence-corrected chi connectivity index (χ0v) is 11.2. The number of halogens is 2. The van der Waals surface area contributed by atoms with Crippen molar-refractivity contribution in [1.29, 1.82) is 0 Å². The molecule has 0 unspecified atom stereocenters. The molecule has 0 atom stereocenters. The second kappa shape index (κ2) is 4.60. The summed E-state index contributed by atoms with van der Waals surface area (Å²) >= 11 is 5.85. The summed E-state index contributed by atoms with van der Waals surface area (Å²) in [7, 11) is 0. The van der Waals surface area contributed by atoms with Crippen molar-refractivity contribution in [2.45, 2.75) is 19.4 Å². The third-order valence-corrected chi connectivity index (χ3v) is 3.05. The summed E-state index contributed by atoms with van der Waals surface area (Å²) in [6, 6.07) is 7.84. The standard InChI is InChI=1S/C12H11ClN2.BrH/c13-10-5-3-9(4-6-10)11-8-15-7-1-2-12(15)14-11;/h3-6,8H,1-2,7H2;1H. The predicted octanol–water partition coefficient (Wildman–Crippen LogP) is 3.73. The normalized spacial score (nSPS) is 13.3. The quantitative estimate of drug-likeness (QED) is 0.784. The van der Waals surface area contributed by atoms with E-state index in [-0.39, 0.29) is 17.0 Å². The molecule has 4 heteroatoms. The van der Waals surface area contributed by atoms with Crippen LogP contribution < -0.4 is 0 Å². The van der Waals surface area contributed by atoms with Crippen molar-refractivity contribution in [3.63, 3.8) is 0 Å². The lowest BCUT2D eigenvalue weighted by Crippen LogP contribution is -1.87. The van der Waals surface area contributed by atoms with E-state index < -0.39 is 0 Å². The van der Waals surface area contributed by atoms with E-state index in [4.69, 9.17) is 11.6 Å². The number of hydrogen-bond acceptors (Lipinski definition) is 1. The molecule has 2 aromatic rings. The van der Waals surface area contributed by atoms with Crippen LogP contribution in [0, 0.1) is 0 Å². The molecule has 16 heavy (non-hydrogen) atoms. The summed E-state index contributed by atoms with van der Waals surface area (Å²) in [5.41, 5.74) is 2.20. The van der Waals surface area contributed by atoms with Gasteiger partial charge in [0, 0.05) is 29.7 Å². The highest BCUT2D eigenvalue weighted by molar-refractivity contribution is 8.93. The van der Waals surface area contributed by atoms with Crippen molar-refractivity contribution >= 4 is 28.6 Å². The fraction of sp³-hybridized carbons (Fsp3) is 0.250. The number of benzene rings is 1. The molecular weight excluding hydrogens is 288 g/mol. The first kappa shape index (κ1) is 11.7. The molecule has 3 rings (SSSR count). The maximum absolute atomic E-state index is 5.85. The lowest BCUT2D eigenvalue weighted by molar-refractivity contribution is 0.750. The first-order valence-corrected chi connectivity index (χ1v) is 5.53. The predicted molar refractivity (Wildman–Crippen MR) is 71.3 cm³/mol. The smallest absolute Gasteiger partial charge is 0.109 e. The summed E-state index contributed by atoms with van der Waals surface area (Å²) in [4.78, 5) is 4.61. The Morgan fingerprint density at radius 1 is 1.19 bits per heavy atom. The number of rotatable bonds is 1. The summed E-state index contributed by atoms with van der Waals surface area (Å²) in [6.45, 7) is 1.11. The molecule has 0 bridgehead atoms. The number of aryl methyl sites for hydroxylation is 2. The summed E-state index contributed by atoms with van der Waals surface area (Å²) in [6.07, 6.45) is 4.46. The minimum Gasteiger partial charge on any atom is -0.334 e. The Balaban J connectivity index is 0.000000963. The van der Waals surface area contributed by atoms with Crippen LogP contribution in [-0.2, 0) is 13.0 Å². The van der Waals surface area contributed by atoms with E-state index in [1.807, 2.05) is 24.3 Å². The third-order valence-electron chi connectivity index (χ3n) is 2.80. The van der Waals surface area contributed by atoms with Crippen LogP contribution in [0.15, 0.2) is 30.5 Å². The molecule has 1 aliphatic heterocycles. The fourth-order valence-electron chi connectivity index (χ4n) is 2.01. The summed E-state index contributed by atoms with van der Waals surface area (Å²) in [5, 5.41) is 0.769. The van der Waals surface area contributed by atoms with Crippen LogP contribution in [0.5, 0.6) is 0 Å². The SMILES string of the molecule is Br.Clc1ccc(-c2cn3c(n2)CCC3)cc1. The van der Waals surface area contributed by atoms with Gasteiger partial charge in [0.2, 0.25) is 0 Å². The van der Waals surface area contributed by atoms with Gasteiger partial charge >= 0.3 is 0 Å². The molecule has 0 aliphatic carbocycles. The molecule has 0 N–H and O–H groups in total. The topological polar surface area (TPSA) is 17.8 Å².